The van der Waals surface area contributed by atoms with Crippen molar-refractivity contribution < 1.29 is 9.90 Å². The lowest BCUT2D eigenvalue weighted by molar-refractivity contribution is 0.0696. The minimum Gasteiger partial charge on any atom is -0.478 e. The molecule has 1 aromatic rings. The zero-order valence-corrected chi connectivity index (χ0v) is 13.6. The van der Waals surface area contributed by atoms with Gasteiger partial charge in [0, 0.05) is 17.0 Å². The largest absolute Gasteiger partial charge is 0.478 e. The molecule has 1 saturated carbocycles. The number of carboxylic acid groups (broad SMARTS) is 1. The van der Waals surface area contributed by atoms with Crippen LogP contribution in [-0.2, 0) is 6.42 Å². The van der Waals surface area contributed by atoms with Gasteiger partial charge in [0.05, 0.1) is 5.56 Å². The zero-order valence-electron chi connectivity index (χ0n) is 12.8. The van der Waals surface area contributed by atoms with Crippen molar-refractivity contribution in [3.63, 3.8) is 0 Å². The Balaban J connectivity index is 2.06. The van der Waals surface area contributed by atoms with Gasteiger partial charge in [0.2, 0.25) is 0 Å². The van der Waals surface area contributed by atoms with Gasteiger partial charge in [-0.2, -0.15) is 11.8 Å². The third-order valence-electron chi connectivity index (χ3n) is 3.99. The van der Waals surface area contributed by atoms with E-state index < -0.39 is 5.97 Å². The third kappa shape index (κ3) is 4.63. The van der Waals surface area contributed by atoms with Gasteiger partial charge in [-0.25, -0.2) is 9.78 Å². The van der Waals surface area contributed by atoms with Crippen LogP contribution in [0.25, 0.3) is 0 Å². The van der Waals surface area contributed by atoms with Crippen LogP contribution in [0.5, 0.6) is 0 Å². The number of aryl methyl sites for hydroxylation is 1. The highest BCUT2D eigenvalue weighted by Gasteiger charge is 2.21. The first-order valence-corrected chi connectivity index (χ1v) is 8.94. The minimum atomic E-state index is -0.885. The van der Waals surface area contributed by atoms with E-state index in [4.69, 9.17) is 0 Å². The standard InChI is InChI=1S/C16H24N2O2S/c1-3-4-13-9-11(16(19)20)10-15(18-13)17-12-5-7-14(21-2)8-6-12/h9-10,12,14H,3-8H2,1-2H3,(H,17,18)(H,19,20). The topological polar surface area (TPSA) is 62.2 Å². The molecule has 2 rings (SSSR count). The number of thioether (sulfide) groups is 1. The molecule has 1 aromatic heterocycles. The predicted octanol–water partition coefficient (Wildman–Crippen LogP) is 3.82. The molecule has 0 unspecified atom stereocenters. The number of carboxylic acids is 1. The van der Waals surface area contributed by atoms with Crippen LogP contribution in [0, 0.1) is 0 Å². The van der Waals surface area contributed by atoms with Crippen LogP contribution in [-0.4, -0.2) is 33.6 Å². The molecule has 4 nitrogen and oxygen atoms in total. The fourth-order valence-electron chi connectivity index (χ4n) is 2.82. The first kappa shape index (κ1) is 16.1. The molecule has 21 heavy (non-hydrogen) atoms. The Kier molecular flexibility index (Phi) is 5.91. The Morgan fingerprint density at radius 2 is 2.10 bits per heavy atom. The summed E-state index contributed by atoms with van der Waals surface area (Å²) in [6.45, 7) is 2.08. The van der Waals surface area contributed by atoms with Crippen molar-refractivity contribution in [3.05, 3.63) is 23.4 Å². The molecule has 2 N–H and O–H groups in total. The van der Waals surface area contributed by atoms with Gasteiger partial charge in [-0.15, -0.1) is 0 Å². The number of anilines is 1. The van der Waals surface area contributed by atoms with Gasteiger partial charge in [0.15, 0.2) is 0 Å². The second-order valence-corrected chi connectivity index (χ2v) is 6.78. The van der Waals surface area contributed by atoms with Crippen LogP contribution >= 0.6 is 11.8 Å². The summed E-state index contributed by atoms with van der Waals surface area (Å²) in [7, 11) is 0. The summed E-state index contributed by atoms with van der Waals surface area (Å²) in [6.07, 6.45) is 8.66. The number of nitrogens with zero attached hydrogens (tertiary/aromatic N) is 1. The lowest BCUT2D eigenvalue weighted by atomic mass is 9.95. The zero-order chi connectivity index (χ0) is 15.2. The van der Waals surface area contributed by atoms with E-state index in [2.05, 4.69) is 23.5 Å². The first-order valence-electron chi connectivity index (χ1n) is 7.66. The number of aromatic nitrogens is 1. The maximum Gasteiger partial charge on any atom is 0.335 e. The number of hydrogen-bond donors (Lipinski definition) is 2. The van der Waals surface area contributed by atoms with E-state index in [1.54, 1.807) is 12.1 Å². The van der Waals surface area contributed by atoms with Gasteiger partial charge in [0.1, 0.15) is 5.82 Å². The summed E-state index contributed by atoms with van der Waals surface area (Å²) in [5.74, 6) is -0.171. The van der Waals surface area contributed by atoms with E-state index >= 15 is 0 Å². The van der Waals surface area contributed by atoms with Crippen LogP contribution in [0.4, 0.5) is 5.82 Å². The van der Waals surface area contributed by atoms with Crippen LogP contribution < -0.4 is 5.32 Å². The van der Waals surface area contributed by atoms with Gasteiger partial charge >= 0.3 is 5.97 Å². The second kappa shape index (κ2) is 7.69. The molecule has 0 atom stereocenters. The van der Waals surface area contributed by atoms with Crippen molar-refractivity contribution in [1.82, 2.24) is 4.98 Å². The monoisotopic (exact) mass is 308 g/mol. The molecule has 0 saturated heterocycles. The molecule has 1 aliphatic rings. The van der Waals surface area contributed by atoms with Crippen LogP contribution in [0.1, 0.15) is 55.1 Å². The molecule has 5 heteroatoms. The average Bonchev–Trinajstić information content (AvgIpc) is 2.48. The molecule has 0 aliphatic heterocycles. The fourth-order valence-corrected chi connectivity index (χ4v) is 3.56. The highest BCUT2D eigenvalue weighted by molar-refractivity contribution is 7.99. The molecule has 0 radical (unpaired) electrons. The SMILES string of the molecule is CCCc1cc(C(=O)O)cc(NC2CCC(SC)CC2)n1. The quantitative estimate of drug-likeness (QED) is 0.836. The molecule has 0 amide bonds. The number of aromatic carboxylic acids is 1. The Labute approximate surface area is 130 Å². The molecule has 0 aromatic carbocycles. The van der Waals surface area contributed by atoms with Crippen molar-refractivity contribution in [3.8, 4) is 0 Å². The number of carbonyl (C=O) groups is 1. The number of nitrogens with one attached hydrogen (secondary N) is 1. The lowest BCUT2D eigenvalue weighted by Crippen LogP contribution is -2.27. The Hall–Kier alpha value is -1.23. The van der Waals surface area contributed by atoms with Crippen molar-refractivity contribution >= 4 is 23.5 Å². The van der Waals surface area contributed by atoms with Crippen LogP contribution in [0.15, 0.2) is 12.1 Å². The molecule has 0 bridgehead atoms. The van der Waals surface area contributed by atoms with Crippen molar-refractivity contribution in [1.29, 1.82) is 0 Å². The summed E-state index contributed by atoms with van der Waals surface area (Å²) < 4.78 is 0. The maximum atomic E-state index is 11.2. The van der Waals surface area contributed by atoms with Crippen molar-refractivity contribution in [2.75, 3.05) is 11.6 Å². The van der Waals surface area contributed by atoms with Gasteiger partial charge in [-0.05, 0) is 50.5 Å². The molecule has 116 valence electrons. The molecular formula is C16H24N2O2S. The van der Waals surface area contributed by atoms with E-state index in [0.29, 0.717) is 17.4 Å². The summed E-state index contributed by atoms with van der Waals surface area (Å²) in [4.78, 5) is 15.8. The molecule has 1 fully saturated rings. The maximum absolute atomic E-state index is 11.2. The minimum absolute atomic E-state index is 0.328. The molecule has 1 aliphatic carbocycles. The third-order valence-corrected chi connectivity index (χ3v) is 5.13. The summed E-state index contributed by atoms with van der Waals surface area (Å²) >= 11 is 1.95. The van der Waals surface area contributed by atoms with Crippen LogP contribution in [0.3, 0.4) is 0 Å². The highest BCUT2D eigenvalue weighted by atomic mass is 32.2. The Bertz CT molecular complexity index is 485. The normalized spacial score (nSPS) is 22.0. The van der Waals surface area contributed by atoms with E-state index in [0.717, 1.165) is 36.6 Å². The average molecular weight is 308 g/mol. The number of pyridine rings is 1. The van der Waals surface area contributed by atoms with Gasteiger partial charge in [-0.3, -0.25) is 0 Å². The Morgan fingerprint density at radius 3 is 2.67 bits per heavy atom. The highest BCUT2D eigenvalue weighted by Crippen LogP contribution is 2.28. The smallest absolute Gasteiger partial charge is 0.335 e. The lowest BCUT2D eigenvalue weighted by Gasteiger charge is -2.28. The van der Waals surface area contributed by atoms with Crippen molar-refractivity contribution in [2.24, 2.45) is 0 Å². The molecule has 0 spiro atoms. The van der Waals surface area contributed by atoms with Gasteiger partial charge in [-0.1, -0.05) is 13.3 Å². The summed E-state index contributed by atoms with van der Waals surface area (Å²) in [5.41, 5.74) is 1.19. The summed E-state index contributed by atoms with van der Waals surface area (Å²) in [6, 6.07) is 3.75. The van der Waals surface area contributed by atoms with Gasteiger partial charge in [0.25, 0.3) is 0 Å². The second-order valence-electron chi connectivity index (χ2n) is 5.64. The van der Waals surface area contributed by atoms with Crippen molar-refractivity contribution in [2.45, 2.75) is 56.7 Å². The summed E-state index contributed by atoms with van der Waals surface area (Å²) in [5, 5.41) is 13.4. The van der Waals surface area contributed by atoms with E-state index in [1.807, 2.05) is 11.8 Å². The van der Waals surface area contributed by atoms with Gasteiger partial charge < -0.3 is 10.4 Å². The molecular weight excluding hydrogens is 284 g/mol. The van der Waals surface area contributed by atoms with Crippen LogP contribution in [0.2, 0.25) is 0 Å². The number of rotatable bonds is 6. The number of hydrogen-bond acceptors (Lipinski definition) is 4. The van der Waals surface area contributed by atoms with E-state index in [1.165, 1.54) is 12.8 Å². The van der Waals surface area contributed by atoms with E-state index in [-0.39, 0.29) is 0 Å². The fraction of sp³-hybridized carbons (Fsp3) is 0.625. The first-order chi connectivity index (χ1) is 10.1. The molecule has 1 heterocycles. The Morgan fingerprint density at radius 1 is 1.38 bits per heavy atom. The van der Waals surface area contributed by atoms with E-state index in [9.17, 15) is 9.90 Å². The predicted molar refractivity (Wildman–Crippen MR) is 88.4 cm³/mol.